The molecule has 0 bridgehead atoms. The Morgan fingerprint density at radius 3 is 2.48 bits per heavy atom. The summed E-state index contributed by atoms with van der Waals surface area (Å²) in [4.78, 5) is 34.7. The van der Waals surface area contributed by atoms with Crippen molar-refractivity contribution in [3.05, 3.63) is 136 Å². The lowest BCUT2D eigenvalue weighted by Crippen LogP contribution is -2.26. The molecule has 1 unspecified atom stereocenters. The van der Waals surface area contributed by atoms with Crippen LogP contribution in [-0.2, 0) is 13.2 Å². The number of benzene rings is 4. The minimum absolute atomic E-state index is 0.0886. The van der Waals surface area contributed by atoms with Gasteiger partial charge in [0.1, 0.15) is 24.3 Å². The van der Waals surface area contributed by atoms with Crippen molar-refractivity contribution in [2.45, 2.75) is 31.9 Å². The second-order valence-electron chi connectivity index (χ2n) is 11.3. The van der Waals surface area contributed by atoms with E-state index >= 15 is 4.39 Å². The molecule has 6 aromatic rings. The summed E-state index contributed by atoms with van der Waals surface area (Å²) in [6, 6.07) is 22.9. The Kier molecular flexibility index (Phi) is 8.05. The first-order valence-electron chi connectivity index (χ1n) is 15.2. The van der Waals surface area contributed by atoms with Crippen LogP contribution in [-0.4, -0.2) is 32.3 Å². The summed E-state index contributed by atoms with van der Waals surface area (Å²) in [6.45, 7) is 0.738. The molecule has 242 valence electrons. The lowest BCUT2D eigenvalue weighted by atomic mass is 9.86. The van der Waals surface area contributed by atoms with E-state index < -0.39 is 29.0 Å². The van der Waals surface area contributed by atoms with E-state index in [-0.39, 0.29) is 17.2 Å². The monoisotopic (exact) mass is 649 g/mol. The third-order valence-electron chi connectivity index (χ3n) is 8.38. The predicted octanol–water partition coefficient (Wildman–Crippen LogP) is 6.26. The molecule has 4 aromatic carbocycles. The molecule has 2 N–H and O–H groups in total. The maximum Gasteiger partial charge on any atom is 0.284 e. The van der Waals surface area contributed by atoms with E-state index in [1.54, 1.807) is 22.9 Å². The standard InChI is InChI=1S/C36H29F2N5O5/c1-46-30-17-26-28(18-31(30)47-19-21-6-3-2-4-7-21)40-20-41-35(26)48-29-14-9-22(16-27(29)38)25-8-5-15-42-33(25)32(34(39)44)36(45)43(42)24-12-10-23(37)11-13-24/h2-4,6-7,9-14,16-18,20,25H,5,8,15,19H2,1H3,(H2,39,44). The van der Waals surface area contributed by atoms with Crippen LogP contribution >= 0.6 is 0 Å². The van der Waals surface area contributed by atoms with Gasteiger partial charge in [0.25, 0.3) is 11.5 Å². The molecular weight excluding hydrogens is 620 g/mol. The zero-order chi connectivity index (χ0) is 33.4. The Morgan fingerprint density at radius 2 is 1.75 bits per heavy atom. The maximum absolute atomic E-state index is 15.8. The molecule has 1 amide bonds. The van der Waals surface area contributed by atoms with E-state index in [9.17, 15) is 14.0 Å². The second kappa shape index (κ2) is 12.6. The molecule has 0 aliphatic carbocycles. The molecule has 1 aliphatic rings. The van der Waals surface area contributed by atoms with Gasteiger partial charge in [-0.1, -0.05) is 36.4 Å². The first kappa shape index (κ1) is 30.6. The molecule has 0 radical (unpaired) electrons. The fourth-order valence-electron chi connectivity index (χ4n) is 6.16. The van der Waals surface area contributed by atoms with Gasteiger partial charge in [0.2, 0.25) is 5.88 Å². The number of ether oxygens (including phenoxy) is 3. The number of carbonyl (C=O) groups is 1. The van der Waals surface area contributed by atoms with Crippen LogP contribution in [0, 0.1) is 11.6 Å². The quantitative estimate of drug-likeness (QED) is 0.196. The highest BCUT2D eigenvalue weighted by molar-refractivity contribution is 5.94. The van der Waals surface area contributed by atoms with E-state index in [1.807, 2.05) is 30.3 Å². The summed E-state index contributed by atoms with van der Waals surface area (Å²) in [7, 11) is 1.52. The number of hydrogen-bond donors (Lipinski definition) is 1. The summed E-state index contributed by atoms with van der Waals surface area (Å²) >= 11 is 0. The Labute approximate surface area is 272 Å². The maximum atomic E-state index is 15.8. The number of nitrogens with two attached hydrogens (primary N) is 1. The van der Waals surface area contributed by atoms with E-state index in [1.165, 1.54) is 54.5 Å². The molecule has 0 saturated carbocycles. The first-order valence-corrected chi connectivity index (χ1v) is 15.2. The molecule has 1 aliphatic heterocycles. The average molecular weight is 650 g/mol. The summed E-state index contributed by atoms with van der Waals surface area (Å²) in [5.41, 5.74) is 7.69. The molecule has 0 fully saturated rings. The van der Waals surface area contributed by atoms with E-state index in [2.05, 4.69) is 9.97 Å². The average Bonchev–Trinajstić information content (AvgIpc) is 3.40. The van der Waals surface area contributed by atoms with Gasteiger partial charge in [0.15, 0.2) is 23.1 Å². The molecule has 12 heteroatoms. The van der Waals surface area contributed by atoms with Crippen molar-refractivity contribution in [1.82, 2.24) is 19.3 Å². The van der Waals surface area contributed by atoms with Gasteiger partial charge < -0.3 is 19.9 Å². The highest BCUT2D eigenvalue weighted by Crippen LogP contribution is 2.39. The topological polar surface area (TPSA) is 123 Å². The second-order valence-corrected chi connectivity index (χ2v) is 11.3. The summed E-state index contributed by atoms with van der Waals surface area (Å²) in [5, 5.41) is 0.481. The van der Waals surface area contributed by atoms with Gasteiger partial charge in [0, 0.05) is 18.5 Å². The summed E-state index contributed by atoms with van der Waals surface area (Å²) in [6.07, 6.45) is 2.49. The lowest BCUT2D eigenvalue weighted by Gasteiger charge is -2.27. The van der Waals surface area contributed by atoms with Crippen molar-refractivity contribution in [1.29, 1.82) is 0 Å². The molecule has 3 heterocycles. The minimum atomic E-state index is -0.892. The number of rotatable bonds is 9. The highest BCUT2D eigenvalue weighted by atomic mass is 19.1. The van der Waals surface area contributed by atoms with Crippen molar-refractivity contribution < 1.29 is 27.8 Å². The van der Waals surface area contributed by atoms with E-state index in [0.29, 0.717) is 65.3 Å². The number of halogens is 2. The largest absolute Gasteiger partial charge is 0.493 e. The van der Waals surface area contributed by atoms with Crippen LogP contribution in [0.3, 0.4) is 0 Å². The van der Waals surface area contributed by atoms with Crippen LogP contribution in [0.25, 0.3) is 16.6 Å². The van der Waals surface area contributed by atoms with Gasteiger partial charge in [-0.2, -0.15) is 0 Å². The van der Waals surface area contributed by atoms with Crippen molar-refractivity contribution in [3.8, 4) is 28.8 Å². The highest BCUT2D eigenvalue weighted by Gasteiger charge is 2.33. The van der Waals surface area contributed by atoms with Crippen molar-refractivity contribution in [2.24, 2.45) is 5.73 Å². The van der Waals surface area contributed by atoms with Gasteiger partial charge in [-0.15, -0.1) is 0 Å². The summed E-state index contributed by atoms with van der Waals surface area (Å²) in [5.74, 6) is -1.62. The number of nitrogens with zero attached hydrogens (tertiary/aromatic N) is 4. The summed E-state index contributed by atoms with van der Waals surface area (Å²) < 4.78 is 49.9. The third-order valence-corrected chi connectivity index (χ3v) is 8.38. The number of primary amides is 1. The SMILES string of the molecule is COc1cc2c(Oc3ccc(C4CCCn5c4c(C(N)=O)c(=O)n5-c4ccc(F)cc4)cc3F)ncnc2cc1OCc1ccccc1. The van der Waals surface area contributed by atoms with E-state index in [0.717, 1.165) is 5.56 Å². The number of hydrogen-bond acceptors (Lipinski definition) is 7. The zero-order valence-electron chi connectivity index (χ0n) is 25.7. The van der Waals surface area contributed by atoms with Gasteiger partial charge in [-0.3, -0.25) is 14.3 Å². The molecule has 7 rings (SSSR count). The molecule has 2 aromatic heterocycles. The van der Waals surface area contributed by atoms with Gasteiger partial charge in [-0.25, -0.2) is 23.4 Å². The minimum Gasteiger partial charge on any atom is -0.493 e. The molecule has 48 heavy (non-hydrogen) atoms. The number of methoxy groups -OCH3 is 1. The molecule has 10 nitrogen and oxygen atoms in total. The lowest BCUT2D eigenvalue weighted by molar-refractivity contribution is 0.0997. The van der Waals surface area contributed by atoms with Crippen LogP contribution in [0.15, 0.2) is 96.1 Å². The normalized spacial score (nSPS) is 14.0. The van der Waals surface area contributed by atoms with Crippen LogP contribution in [0.5, 0.6) is 23.1 Å². The van der Waals surface area contributed by atoms with Crippen LogP contribution in [0.4, 0.5) is 8.78 Å². The molecule has 0 spiro atoms. The van der Waals surface area contributed by atoms with Gasteiger partial charge in [-0.05, 0) is 66.4 Å². The fraction of sp³-hybridized carbons (Fsp3) is 0.167. The Balaban J connectivity index is 1.20. The first-order chi connectivity index (χ1) is 23.3. The fourth-order valence-corrected chi connectivity index (χ4v) is 6.16. The Hall–Kier alpha value is -6.04. The molecule has 1 atom stereocenters. The van der Waals surface area contributed by atoms with Crippen molar-refractivity contribution in [2.75, 3.05) is 7.11 Å². The number of aromatic nitrogens is 4. The predicted molar refractivity (Wildman–Crippen MR) is 173 cm³/mol. The Bertz CT molecular complexity index is 2220. The molecular formula is C36H29F2N5O5. The zero-order valence-corrected chi connectivity index (χ0v) is 25.7. The number of fused-ring (bicyclic) bond motifs is 2. The van der Waals surface area contributed by atoms with Crippen LogP contribution in [0.2, 0.25) is 0 Å². The number of carbonyl (C=O) groups excluding carboxylic acids is 1. The van der Waals surface area contributed by atoms with Crippen LogP contribution < -0.4 is 25.5 Å². The van der Waals surface area contributed by atoms with Gasteiger partial charge >= 0.3 is 0 Å². The van der Waals surface area contributed by atoms with E-state index in [4.69, 9.17) is 19.9 Å². The Morgan fingerprint density at radius 1 is 0.958 bits per heavy atom. The van der Waals surface area contributed by atoms with Gasteiger partial charge in [0.05, 0.1) is 29.4 Å². The smallest absolute Gasteiger partial charge is 0.284 e. The molecule has 0 saturated heterocycles. The van der Waals surface area contributed by atoms with Crippen molar-refractivity contribution >= 4 is 16.8 Å². The third kappa shape index (κ3) is 5.61. The van der Waals surface area contributed by atoms with Crippen molar-refractivity contribution in [3.63, 3.8) is 0 Å². The van der Waals surface area contributed by atoms with Crippen LogP contribution in [0.1, 0.15) is 45.9 Å². The number of amides is 1.